The second-order valence-electron chi connectivity index (χ2n) is 3.11. The number of primary amides is 1. The highest BCUT2D eigenvalue weighted by molar-refractivity contribution is 9.10. The smallest absolute Gasteiger partial charge is 0.335 e. The van der Waals surface area contributed by atoms with Crippen LogP contribution in [0.4, 0.5) is 0 Å². The van der Waals surface area contributed by atoms with E-state index in [1.54, 1.807) is 18.2 Å². The van der Waals surface area contributed by atoms with Gasteiger partial charge in [0.1, 0.15) is 0 Å². The number of benzene rings is 1. The molecular formula is C11H10BrNO3. The number of hydrogen-bond donors (Lipinski definition) is 2. The molecule has 4 nitrogen and oxygen atoms in total. The highest BCUT2D eigenvalue weighted by Crippen LogP contribution is 2.20. The molecular weight excluding hydrogens is 274 g/mol. The Labute approximate surface area is 101 Å². The first-order valence-corrected chi connectivity index (χ1v) is 5.27. The van der Waals surface area contributed by atoms with Crippen molar-refractivity contribution in [2.45, 2.75) is 6.42 Å². The van der Waals surface area contributed by atoms with Crippen LogP contribution in [0, 0.1) is 0 Å². The summed E-state index contributed by atoms with van der Waals surface area (Å²) in [5.74, 6) is -1.39. The second-order valence-corrected chi connectivity index (χ2v) is 3.97. The number of rotatable bonds is 4. The SMILES string of the molecule is NC(=O)CC=Cc1ccc(C(=O)O)cc1Br. The minimum absolute atomic E-state index is 0.160. The molecule has 3 N–H and O–H groups in total. The molecule has 0 aromatic heterocycles. The van der Waals surface area contributed by atoms with Gasteiger partial charge in [-0.25, -0.2) is 4.79 Å². The third-order valence-corrected chi connectivity index (χ3v) is 2.55. The fourth-order valence-electron chi connectivity index (χ4n) is 1.10. The van der Waals surface area contributed by atoms with Crippen LogP contribution in [0.25, 0.3) is 6.08 Å². The zero-order valence-electron chi connectivity index (χ0n) is 8.31. The van der Waals surface area contributed by atoms with Gasteiger partial charge in [0, 0.05) is 10.9 Å². The van der Waals surface area contributed by atoms with Gasteiger partial charge in [0.15, 0.2) is 0 Å². The highest BCUT2D eigenvalue weighted by atomic mass is 79.9. The molecule has 0 aliphatic rings. The lowest BCUT2D eigenvalue weighted by Crippen LogP contribution is -2.07. The van der Waals surface area contributed by atoms with Gasteiger partial charge >= 0.3 is 5.97 Å². The molecule has 1 amide bonds. The van der Waals surface area contributed by atoms with Gasteiger partial charge < -0.3 is 10.8 Å². The second kappa shape index (κ2) is 5.46. The van der Waals surface area contributed by atoms with Crippen LogP contribution in [0.1, 0.15) is 22.3 Å². The number of hydrogen-bond acceptors (Lipinski definition) is 2. The molecule has 1 rings (SSSR count). The molecule has 84 valence electrons. The summed E-state index contributed by atoms with van der Waals surface area (Å²) in [5, 5.41) is 8.75. The number of amides is 1. The molecule has 16 heavy (non-hydrogen) atoms. The van der Waals surface area contributed by atoms with E-state index in [-0.39, 0.29) is 12.0 Å². The van der Waals surface area contributed by atoms with Crippen molar-refractivity contribution in [2.24, 2.45) is 5.73 Å². The van der Waals surface area contributed by atoms with Crippen LogP contribution in [-0.2, 0) is 4.79 Å². The average molecular weight is 284 g/mol. The lowest BCUT2D eigenvalue weighted by molar-refractivity contribution is -0.117. The van der Waals surface area contributed by atoms with Crippen LogP contribution < -0.4 is 5.73 Å². The van der Waals surface area contributed by atoms with Crippen LogP contribution in [0.2, 0.25) is 0 Å². The van der Waals surface area contributed by atoms with E-state index >= 15 is 0 Å². The lowest BCUT2D eigenvalue weighted by Gasteiger charge is -2.00. The third kappa shape index (κ3) is 3.51. The van der Waals surface area contributed by atoms with Crippen LogP contribution >= 0.6 is 15.9 Å². The Bertz CT molecular complexity index is 455. The number of aromatic carboxylic acids is 1. The number of carbonyl (C=O) groups excluding carboxylic acids is 1. The van der Waals surface area contributed by atoms with Crippen molar-refractivity contribution in [2.75, 3.05) is 0 Å². The van der Waals surface area contributed by atoms with E-state index < -0.39 is 11.9 Å². The summed E-state index contributed by atoms with van der Waals surface area (Å²) in [6.45, 7) is 0. The van der Waals surface area contributed by atoms with Crippen molar-refractivity contribution < 1.29 is 14.7 Å². The van der Waals surface area contributed by atoms with Crippen molar-refractivity contribution in [3.8, 4) is 0 Å². The van der Waals surface area contributed by atoms with Gasteiger partial charge in [-0.3, -0.25) is 4.79 Å². The predicted molar refractivity (Wildman–Crippen MR) is 63.9 cm³/mol. The van der Waals surface area contributed by atoms with Gasteiger partial charge in [0.25, 0.3) is 0 Å². The predicted octanol–water partition coefficient (Wildman–Crippen LogP) is 2.04. The van der Waals surface area contributed by atoms with Crippen molar-refractivity contribution in [1.82, 2.24) is 0 Å². The largest absolute Gasteiger partial charge is 0.478 e. The monoisotopic (exact) mass is 283 g/mol. The first kappa shape index (κ1) is 12.4. The van der Waals surface area contributed by atoms with Gasteiger partial charge in [0.05, 0.1) is 5.56 Å². The van der Waals surface area contributed by atoms with E-state index in [1.165, 1.54) is 12.1 Å². The van der Waals surface area contributed by atoms with Crippen LogP contribution in [0.5, 0.6) is 0 Å². The molecule has 0 heterocycles. The topological polar surface area (TPSA) is 80.4 Å². The molecule has 5 heteroatoms. The molecule has 1 aromatic rings. The molecule has 0 saturated heterocycles. The quantitative estimate of drug-likeness (QED) is 0.887. The summed E-state index contributed by atoms with van der Waals surface area (Å²) in [4.78, 5) is 21.2. The minimum atomic E-state index is -0.978. The number of nitrogens with two attached hydrogens (primary N) is 1. The average Bonchev–Trinajstić information content (AvgIpc) is 2.19. The molecule has 0 aliphatic heterocycles. The molecule has 0 spiro atoms. The van der Waals surface area contributed by atoms with Crippen molar-refractivity contribution in [3.63, 3.8) is 0 Å². The summed E-state index contributed by atoms with van der Waals surface area (Å²) in [5.41, 5.74) is 5.98. The van der Waals surface area contributed by atoms with Gasteiger partial charge in [-0.2, -0.15) is 0 Å². The standard InChI is InChI=1S/C11H10BrNO3/c12-9-6-8(11(15)16)5-4-7(9)2-1-3-10(13)14/h1-2,4-6H,3H2,(H2,13,14)(H,15,16). The summed E-state index contributed by atoms with van der Waals surface area (Å²) >= 11 is 3.25. The van der Waals surface area contributed by atoms with E-state index in [1.807, 2.05) is 0 Å². The fraction of sp³-hybridized carbons (Fsp3) is 0.0909. The molecule has 1 aromatic carbocycles. The van der Waals surface area contributed by atoms with Gasteiger partial charge in [-0.15, -0.1) is 0 Å². The van der Waals surface area contributed by atoms with Gasteiger partial charge in [0.2, 0.25) is 5.91 Å². The van der Waals surface area contributed by atoms with Crippen molar-refractivity contribution >= 4 is 33.9 Å². The van der Waals surface area contributed by atoms with E-state index in [9.17, 15) is 9.59 Å². The Morgan fingerprint density at radius 3 is 2.62 bits per heavy atom. The summed E-state index contributed by atoms with van der Waals surface area (Å²) < 4.78 is 0.660. The van der Waals surface area contributed by atoms with Crippen LogP contribution in [0.3, 0.4) is 0 Å². The number of carboxylic acid groups (broad SMARTS) is 1. The maximum Gasteiger partial charge on any atom is 0.335 e. The van der Waals surface area contributed by atoms with E-state index in [0.717, 1.165) is 5.56 Å². The Balaban J connectivity index is 2.87. The number of carboxylic acids is 1. The molecule has 0 saturated carbocycles. The molecule has 0 fully saturated rings. The molecule has 0 radical (unpaired) electrons. The maximum absolute atomic E-state index is 10.7. The van der Waals surface area contributed by atoms with E-state index in [4.69, 9.17) is 10.8 Å². The van der Waals surface area contributed by atoms with Crippen molar-refractivity contribution in [3.05, 3.63) is 39.9 Å². The molecule has 0 bridgehead atoms. The maximum atomic E-state index is 10.7. The Kier molecular flexibility index (Phi) is 4.25. The Hall–Kier alpha value is -1.62. The summed E-state index contributed by atoms with van der Waals surface area (Å²) in [6.07, 6.45) is 3.50. The molecule has 0 aliphatic carbocycles. The summed E-state index contributed by atoms with van der Waals surface area (Å²) in [6, 6.07) is 4.66. The lowest BCUT2D eigenvalue weighted by atomic mass is 10.1. The van der Waals surface area contributed by atoms with Crippen LogP contribution in [-0.4, -0.2) is 17.0 Å². The van der Waals surface area contributed by atoms with Gasteiger partial charge in [-0.05, 0) is 17.7 Å². The molecule has 0 atom stereocenters. The number of halogens is 1. The fourth-order valence-corrected chi connectivity index (χ4v) is 1.61. The van der Waals surface area contributed by atoms with Crippen LogP contribution in [0.15, 0.2) is 28.7 Å². The van der Waals surface area contributed by atoms with Gasteiger partial charge in [-0.1, -0.05) is 34.1 Å². The normalized spacial score (nSPS) is 10.6. The minimum Gasteiger partial charge on any atom is -0.478 e. The highest BCUT2D eigenvalue weighted by Gasteiger charge is 2.04. The third-order valence-electron chi connectivity index (χ3n) is 1.86. The first-order valence-electron chi connectivity index (χ1n) is 4.48. The zero-order valence-corrected chi connectivity index (χ0v) is 9.90. The Morgan fingerprint density at radius 2 is 2.12 bits per heavy atom. The Morgan fingerprint density at radius 1 is 1.44 bits per heavy atom. The van der Waals surface area contributed by atoms with E-state index in [2.05, 4.69) is 15.9 Å². The molecule has 0 unspecified atom stereocenters. The van der Waals surface area contributed by atoms with E-state index in [0.29, 0.717) is 4.47 Å². The first-order chi connectivity index (χ1) is 7.50. The number of carbonyl (C=O) groups is 2. The zero-order chi connectivity index (χ0) is 12.1. The summed E-state index contributed by atoms with van der Waals surface area (Å²) in [7, 11) is 0. The van der Waals surface area contributed by atoms with Crippen molar-refractivity contribution in [1.29, 1.82) is 0 Å².